The van der Waals surface area contributed by atoms with Crippen LogP contribution in [0.15, 0.2) is 29.2 Å². The second-order valence-electron chi connectivity index (χ2n) is 4.63. The Morgan fingerprint density at radius 3 is 3.16 bits per heavy atom. The van der Waals surface area contributed by atoms with Crippen molar-refractivity contribution in [1.82, 2.24) is 0 Å². The molecule has 0 unspecified atom stereocenters. The molecule has 102 valence electrons. The number of para-hydroxylation sites is 1. The van der Waals surface area contributed by atoms with Crippen LogP contribution in [0.1, 0.15) is 12.8 Å². The topological polar surface area (TPSA) is 44.8 Å². The standard InChI is InChI=1S/C14H16O4S/c15-14(17-8-10-4-3-7-16-10)12-9-19-13-6-2-1-5-11(13)18-12/h1-2,5-6,10,12H,3-4,7-9H2/t10-,12+/m0/s1. The monoisotopic (exact) mass is 280 g/mol. The molecule has 0 saturated carbocycles. The molecule has 0 aliphatic carbocycles. The van der Waals surface area contributed by atoms with Gasteiger partial charge in [0.05, 0.1) is 6.10 Å². The fraction of sp³-hybridized carbons (Fsp3) is 0.500. The molecular weight excluding hydrogens is 264 g/mol. The molecule has 4 nitrogen and oxygen atoms in total. The second kappa shape index (κ2) is 5.84. The van der Waals surface area contributed by atoms with E-state index in [-0.39, 0.29) is 12.1 Å². The van der Waals surface area contributed by atoms with E-state index in [0.717, 1.165) is 30.1 Å². The Morgan fingerprint density at radius 2 is 2.32 bits per heavy atom. The summed E-state index contributed by atoms with van der Waals surface area (Å²) < 4.78 is 16.4. The molecule has 2 atom stereocenters. The molecule has 0 bridgehead atoms. The zero-order valence-electron chi connectivity index (χ0n) is 10.5. The molecule has 1 aromatic carbocycles. The van der Waals surface area contributed by atoms with Crippen LogP contribution in [0.3, 0.4) is 0 Å². The highest BCUT2D eigenvalue weighted by atomic mass is 32.2. The van der Waals surface area contributed by atoms with Gasteiger partial charge in [0, 0.05) is 17.3 Å². The fourth-order valence-electron chi connectivity index (χ4n) is 2.18. The van der Waals surface area contributed by atoms with Gasteiger partial charge in [-0.05, 0) is 25.0 Å². The molecule has 0 aromatic heterocycles. The summed E-state index contributed by atoms with van der Waals surface area (Å²) in [5, 5.41) is 0. The number of esters is 1. The van der Waals surface area contributed by atoms with E-state index in [9.17, 15) is 4.79 Å². The summed E-state index contributed by atoms with van der Waals surface area (Å²) in [5.41, 5.74) is 0. The van der Waals surface area contributed by atoms with Crippen LogP contribution >= 0.6 is 11.8 Å². The lowest BCUT2D eigenvalue weighted by atomic mass is 10.2. The predicted molar refractivity (Wildman–Crippen MR) is 71.5 cm³/mol. The minimum absolute atomic E-state index is 0.0625. The number of hydrogen-bond donors (Lipinski definition) is 0. The van der Waals surface area contributed by atoms with Gasteiger partial charge in [0.25, 0.3) is 0 Å². The molecule has 1 aromatic rings. The summed E-state index contributed by atoms with van der Waals surface area (Å²) in [6.45, 7) is 1.11. The highest BCUT2D eigenvalue weighted by Crippen LogP contribution is 2.35. The summed E-state index contributed by atoms with van der Waals surface area (Å²) in [6.07, 6.45) is 1.57. The molecule has 0 amide bonds. The Bertz CT molecular complexity index is 457. The summed E-state index contributed by atoms with van der Waals surface area (Å²) in [6, 6.07) is 7.74. The Kier molecular flexibility index (Phi) is 3.94. The number of rotatable bonds is 3. The van der Waals surface area contributed by atoms with E-state index in [4.69, 9.17) is 14.2 Å². The van der Waals surface area contributed by atoms with Gasteiger partial charge in [-0.25, -0.2) is 4.79 Å². The molecule has 0 spiro atoms. The lowest BCUT2D eigenvalue weighted by molar-refractivity contribution is -0.154. The van der Waals surface area contributed by atoms with Crippen molar-refractivity contribution < 1.29 is 19.0 Å². The van der Waals surface area contributed by atoms with Gasteiger partial charge in [0.2, 0.25) is 6.10 Å². The van der Waals surface area contributed by atoms with Crippen LogP contribution in [0.5, 0.6) is 5.75 Å². The molecule has 2 aliphatic heterocycles. The average molecular weight is 280 g/mol. The Hall–Kier alpha value is -1.20. The van der Waals surface area contributed by atoms with Crippen LogP contribution < -0.4 is 4.74 Å². The largest absolute Gasteiger partial charge is 0.477 e. The first-order valence-electron chi connectivity index (χ1n) is 6.49. The number of thioether (sulfide) groups is 1. The molecule has 2 heterocycles. The quantitative estimate of drug-likeness (QED) is 0.795. The van der Waals surface area contributed by atoms with Crippen molar-refractivity contribution in [2.24, 2.45) is 0 Å². The number of carbonyl (C=O) groups excluding carboxylic acids is 1. The molecule has 0 N–H and O–H groups in total. The van der Waals surface area contributed by atoms with Gasteiger partial charge in [-0.3, -0.25) is 0 Å². The Balaban J connectivity index is 1.54. The zero-order chi connectivity index (χ0) is 13.1. The fourth-order valence-corrected chi connectivity index (χ4v) is 3.15. The maximum Gasteiger partial charge on any atom is 0.348 e. The lowest BCUT2D eigenvalue weighted by Crippen LogP contribution is -2.35. The van der Waals surface area contributed by atoms with Gasteiger partial charge < -0.3 is 14.2 Å². The van der Waals surface area contributed by atoms with Crippen molar-refractivity contribution >= 4 is 17.7 Å². The molecule has 1 saturated heterocycles. The lowest BCUT2D eigenvalue weighted by Gasteiger charge is -2.24. The van der Waals surface area contributed by atoms with Gasteiger partial charge >= 0.3 is 5.97 Å². The molecule has 0 radical (unpaired) electrons. The van der Waals surface area contributed by atoms with Gasteiger partial charge in [-0.2, -0.15) is 0 Å². The molecule has 5 heteroatoms. The Morgan fingerprint density at radius 1 is 1.42 bits per heavy atom. The first kappa shape index (κ1) is 12.8. The smallest absolute Gasteiger partial charge is 0.348 e. The van der Waals surface area contributed by atoms with Crippen molar-refractivity contribution in [3.05, 3.63) is 24.3 Å². The third-order valence-electron chi connectivity index (χ3n) is 3.21. The molecule has 2 aliphatic rings. The minimum atomic E-state index is -0.513. The highest BCUT2D eigenvalue weighted by molar-refractivity contribution is 7.99. The zero-order valence-corrected chi connectivity index (χ0v) is 11.4. The molecule has 1 fully saturated rings. The number of carbonyl (C=O) groups is 1. The van der Waals surface area contributed by atoms with Crippen molar-refractivity contribution in [3.63, 3.8) is 0 Å². The first-order valence-corrected chi connectivity index (χ1v) is 7.48. The van der Waals surface area contributed by atoms with Crippen LogP contribution in [0, 0.1) is 0 Å². The predicted octanol–water partition coefficient (Wildman–Crippen LogP) is 2.26. The van der Waals surface area contributed by atoms with E-state index in [0.29, 0.717) is 12.4 Å². The van der Waals surface area contributed by atoms with Crippen LogP contribution in [-0.4, -0.2) is 37.1 Å². The Labute approximate surface area is 116 Å². The normalized spacial score (nSPS) is 25.5. The van der Waals surface area contributed by atoms with Gasteiger partial charge in [-0.1, -0.05) is 12.1 Å². The van der Waals surface area contributed by atoms with Gasteiger partial charge in [0.15, 0.2) is 0 Å². The molecular formula is C14H16O4S. The number of hydrogen-bond acceptors (Lipinski definition) is 5. The summed E-state index contributed by atoms with van der Waals surface area (Å²) in [4.78, 5) is 13.0. The molecule has 3 rings (SSSR count). The van der Waals surface area contributed by atoms with Crippen LogP contribution in [0.2, 0.25) is 0 Å². The van der Waals surface area contributed by atoms with Crippen molar-refractivity contribution in [1.29, 1.82) is 0 Å². The van der Waals surface area contributed by atoms with E-state index < -0.39 is 6.10 Å². The first-order chi connectivity index (χ1) is 9.33. The van der Waals surface area contributed by atoms with E-state index >= 15 is 0 Å². The van der Waals surface area contributed by atoms with Crippen LogP contribution in [0.25, 0.3) is 0 Å². The van der Waals surface area contributed by atoms with E-state index in [1.165, 1.54) is 0 Å². The third kappa shape index (κ3) is 3.04. The second-order valence-corrected chi connectivity index (χ2v) is 5.69. The van der Waals surface area contributed by atoms with Crippen molar-refractivity contribution in [3.8, 4) is 5.75 Å². The maximum atomic E-state index is 11.9. The SMILES string of the molecule is O=C(OC[C@@H]1CCCO1)[C@H]1CSc2ccccc2O1. The van der Waals surface area contributed by atoms with Crippen LogP contribution in [-0.2, 0) is 14.3 Å². The van der Waals surface area contributed by atoms with Crippen LogP contribution in [0.4, 0.5) is 0 Å². The summed E-state index contributed by atoms with van der Waals surface area (Å²) in [7, 11) is 0. The highest BCUT2D eigenvalue weighted by Gasteiger charge is 2.29. The maximum absolute atomic E-state index is 11.9. The van der Waals surface area contributed by atoms with Gasteiger partial charge in [0.1, 0.15) is 12.4 Å². The minimum Gasteiger partial charge on any atom is -0.477 e. The van der Waals surface area contributed by atoms with E-state index in [2.05, 4.69) is 0 Å². The summed E-state index contributed by atoms with van der Waals surface area (Å²) in [5.74, 6) is 1.07. The number of benzene rings is 1. The van der Waals surface area contributed by atoms with E-state index in [1.807, 2.05) is 24.3 Å². The van der Waals surface area contributed by atoms with Gasteiger partial charge in [-0.15, -0.1) is 11.8 Å². The number of fused-ring (bicyclic) bond motifs is 1. The number of ether oxygens (including phenoxy) is 3. The third-order valence-corrected chi connectivity index (χ3v) is 4.32. The summed E-state index contributed by atoms with van der Waals surface area (Å²) >= 11 is 1.63. The average Bonchev–Trinajstić information content (AvgIpc) is 2.97. The molecule has 19 heavy (non-hydrogen) atoms. The van der Waals surface area contributed by atoms with Crippen molar-refractivity contribution in [2.45, 2.75) is 29.9 Å². The van der Waals surface area contributed by atoms with Crippen molar-refractivity contribution in [2.75, 3.05) is 19.0 Å². The van der Waals surface area contributed by atoms with E-state index in [1.54, 1.807) is 11.8 Å².